The number of thiophene rings is 1. The average Bonchev–Trinajstić information content (AvgIpc) is 3.82. The molecule has 0 fully saturated rings. The lowest BCUT2D eigenvalue weighted by molar-refractivity contribution is 0.794. The molecule has 12 rings (SSSR count). The molecule has 0 saturated carbocycles. The quantitative estimate of drug-likeness (QED) is 0.157. The van der Waals surface area contributed by atoms with Crippen molar-refractivity contribution in [3.8, 4) is 44.5 Å². The van der Waals surface area contributed by atoms with Crippen LogP contribution in [0.25, 0.3) is 64.7 Å². The van der Waals surface area contributed by atoms with Crippen LogP contribution in [0.3, 0.4) is 0 Å². The van der Waals surface area contributed by atoms with Crippen molar-refractivity contribution in [2.45, 2.75) is 17.8 Å². The van der Waals surface area contributed by atoms with E-state index in [4.69, 9.17) is 6.58 Å². The van der Waals surface area contributed by atoms with Gasteiger partial charge in [-0.15, -0.1) is 11.3 Å². The van der Waals surface area contributed by atoms with Gasteiger partial charge in [0.25, 0.3) is 0 Å². The molecule has 1 heterocycles. The van der Waals surface area contributed by atoms with Crippen LogP contribution >= 0.6 is 11.3 Å². The molecule has 0 aliphatic heterocycles. The second-order valence-electron chi connectivity index (χ2n) is 15.2. The predicted octanol–water partition coefficient (Wildman–Crippen LogP) is 14.0. The summed E-state index contributed by atoms with van der Waals surface area (Å²) in [5.41, 5.74) is 21.0. The number of hydrogen-bond donors (Lipinski definition) is 0. The van der Waals surface area contributed by atoms with E-state index in [1.165, 1.54) is 109 Å². The van der Waals surface area contributed by atoms with E-state index >= 15 is 0 Å². The first-order chi connectivity index (χ1) is 26.7. The Bertz CT molecular complexity index is 2980. The van der Waals surface area contributed by atoms with E-state index in [2.05, 4.69) is 176 Å². The van der Waals surface area contributed by atoms with E-state index in [9.17, 15) is 0 Å². The number of allylic oxidation sites excluding steroid dienone is 1. The van der Waals surface area contributed by atoms with Crippen molar-refractivity contribution in [3.63, 3.8) is 0 Å². The average molecular weight is 703 g/mol. The number of fused-ring (bicyclic) bond motifs is 17. The second kappa shape index (κ2) is 11.1. The molecule has 54 heavy (non-hydrogen) atoms. The van der Waals surface area contributed by atoms with Gasteiger partial charge in [0.15, 0.2) is 0 Å². The molecule has 3 aliphatic rings. The zero-order valence-corrected chi connectivity index (χ0v) is 30.5. The van der Waals surface area contributed by atoms with Gasteiger partial charge in [0, 0.05) is 26.1 Å². The SMILES string of the molecule is C=C1Cc2ccccc2-c2c(ccc3sc4c(-c5ccc6c(c5)C5(c7ccccc7-c7ccccc75)c5ccccc5-6)cccc4c23)C1c1ccccc1. The fraction of sp³-hybridized carbons (Fsp3) is 0.0566. The minimum atomic E-state index is -0.362. The second-order valence-corrected chi connectivity index (χ2v) is 16.2. The van der Waals surface area contributed by atoms with Gasteiger partial charge in [-0.1, -0.05) is 176 Å². The smallest absolute Gasteiger partial charge is 0.0725 e. The molecule has 0 N–H and O–H groups in total. The van der Waals surface area contributed by atoms with Gasteiger partial charge in [0.05, 0.1) is 5.41 Å². The van der Waals surface area contributed by atoms with Crippen molar-refractivity contribution in [1.82, 2.24) is 0 Å². The normalized spacial score (nSPS) is 15.7. The molecule has 0 bridgehead atoms. The van der Waals surface area contributed by atoms with Gasteiger partial charge in [-0.25, -0.2) is 0 Å². The molecular formula is C53H34S. The van der Waals surface area contributed by atoms with Gasteiger partial charge in [-0.3, -0.25) is 0 Å². The van der Waals surface area contributed by atoms with E-state index in [1.807, 2.05) is 11.3 Å². The lowest BCUT2D eigenvalue weighted by Crippen LogP contribution is -2.25. The molecule has 1 heteroatoms. The predicted molar refractivity (Wildman–Crippen MR) is 228 cm³/mol. The summed E-state index contributed by atoms with van der Waals surface area (Å²) in [5.74, 6) is 0.128. The molecule has 1 spiro atoms. The largest absolute Gasteiger partial charge is 0.135 e. The Morgan fingerprint density at radius 3 is 1.80 bits per heavy atom. The standard InChI is InChI=1S/C53H34S/c1-32-30-34-16-5-6-17-36(34)50-42(49(32)33-14-3-2-4-15-33)28-29-48-51(50)43-22-13-21-37(52(43)54-48)35-26-27-41-40-20-9-12-25-46(40)53(47(41)31-35)44-23-10-7-18-38(44)39-19-8-11-24-45(39)53/h2-29,31,49H,1,30H2. The Balaban J connectivity index is 1.12. The summed E-state index contributed by atoms with van der Waals surface area (Å²) in [4.78, 5) is 0. The van der Waals surface area contributed by atoms with Crippen LogP contribution in [0, 0.1) is 0 Å². The molecule has 9 aromatic rings. The van der Waals surface area contributed by atoms with Crippen LogP contribution in [0.5, 0.6) is 0 Å². The molecule has 1 aromatic heterocycles. The minimum absolute atomic E-state index is 0.128. The Morgan fingerprint density at radius 2 is 1.09 bits per heavy atom. The van der Waals surface area contributed by atoms with Crippen molar-refractivity contribution in [1.29, 1.82) is 0 Å². The van der Waals surface area contributed by atoms with Crippen LogP contribution in [0.4, 0.5) is 0 Å². The summed E-state index contributed by atoms with van der Waals surface area (Å²) >= 11 is 1.93. The van der Waals surface area contributed by atoms with Crippen LogP contribution in [0.2, 0.25) is 0 Å². The maximum atomic E-state index is 4.72. The molecule has 0 radical (unpaired) electrons. The molecule has 1 unspecified atom stereocenters. The maximum absolute atomic E-state index is 4.72. The molecular weight excluding hydrogens is 669 g/mol. The fourth-order valence-electron chi connectivity index (χ4n) is 10.5. The van der Waals surface area contributed by atoms with Crippen molar-refractivity contribution in [3.05, 3.63) is 227 Å². The van der Waals surface area contributed by atoms with Crippen LogP contribution in [-0.2, 0) is 11.8 Å². The van der Waals surface area contributed by atoms with Crippen molar-refractivity contribution < 1.29 is 0 Å². The third-order valence-corrected chi connectivity index (χ3v) is 13.8. The first-order valence-electron chi connectivity index (χ1n) is 18.9. The zero-order chi connectivity index (χ0) is 35.5. The van der Waals surface area contributed by atoms with Gasteiger partial charge in [0.2, 0.25) is 0 Å². The summed E-state index contributed by atoms with van der Waals surface area (Å²) in [5, 5.41) is 2.69. The maximum Gasteiger partial charge on any atom is 0.0725 e. The first kappa shape index (κ1) is 30.2. The highest BCUT2D eigenvalue weighted by Crippen LogP contribution is 2.63. The third kappa shape index (κ3) is 3.87. The van der Waals surface area contributed by atoms with Gasteiger partial charge in [-0.05, 0) is 102 Å². The number of benzene rings is 8. The molecule has 252 valence electrons. The lowest BCUT2D eigenvalue weighted by Gasteiger charge is -2.30. The van der Waals surface area contributed by atoms with E-state index in [0.717, 1.165) is 6.42 Å². The van der Waals surface area contributed by atoms with Crippen LogP contribution in [-0.4, -0.2) is 0 Å². The molecule has 3 aliphatic carbocycles. The Kier molecular flexibility index (Phi) is 6.22. The molecule has 0 saturated heterocycles. The van der Waals surface area contributed by atoms with Crippen LogP contribution in [0.1, 0.15) is 44.9 Å². The van der Waals surface area contributed by atoms with Gasteiger partial charge in [0.1, 0.15) is 0 Å². The summed E-state index contributed by atoms with van der Waals surface area (Å²) < 4.78 is 2.67. The van der Waals surface area contributed by atoms with Gasteiger partial charge < -0.3 is 0 Å². The monoisotopic (exact) mass is 702 g/mol. The summed E-state index contributed by atoms with van der Waals surface area (Å²) in [7, 11) is 0. The van der Waals surface area contributed by atoms with Crippen LogP contribution < -0.4 is 0 Å². The minimum Gasteiger partial charge on any atom is -0.135 e. The highest BCUT2D eigenvalue weighted by Gasteiger charge is 2.51. The van der Waals surface area contributed by atoms with Gasteiger partial charge in [-0.2, -0.15) is 0 Å². The Hall–Kier alpha value is -6.28. The highest BCUT2D eigenvalue weighted by atomic mass is 32.1. The topological polar surface area (TPSA) is 0 Å². The lowest BCUT2D eigenvalue weighted by atomic mass is 9.70. The summed E-state index contributed by atoms with van der Waals surface area (Å²) in [6, 6.07) is 66.2. The summed E-state index contributed by atoms with van der Waals surface area (Å²) in [6.07, 6.45) is 0.866. The Morgan fingerprint density at radius 1 is 0.500 bits per heavy atom. The van der Waals surface area contributed by atoms with Crippen molar-refractivity contribution in [2.24, 2.45) is 0 Å². The molecule has 1 atom stereocenters. The molecule has 0 amide bonds. The molecule has 0 nitrogen and oxygen atoms in total. The molecule has 8 aromatic carbocycles. The van der Waals surface area contributed by atoms with Crippen molar-refractivity contribution in [2.75, 3.05) is 0 Å². The van der Waals surface area contributed by atoms with E-state index < -0.39 is 0 Å². The fourth-order valence-corrected chi connectivity index (χ4v) is 11.7. The zero-order valence-electron chi connectivity index (χ0n) is 29.6. The number of rotatable bonds is 2. The van der Waals surface area contributed by atoms with E-state index in [-0.39, 0.29) is 11.3 Å². The number of hydrogen-bond acceptors (Lipinski definition) is 1. The van der Waals surface area contributed by atoms with Crippen LogP contribution in [0.15, 0.2) is 188 Å². The van der Waals surface area contributed by atoms with Crippen molar-refractivity contribution >= 4 is 31.5 Å². The Labute approximate surface area is 319 Å². The third-order valence-electron chi connectivity index (χ3n) is 12.6. The first-order valence-corrected chi connectivity index (χ1v) is 19.8. The van der Waals surface area contributed by atoms with Gasteiger partial charge >= 0.3 is 0 Å². The van der Waals surface area contributed by atoms with E-state index in [0.29, 0.717) is 0 Å². The van der Waals surface area contributed by atoms with E-state index in [1.54, 1.807) is 0 Å². The highest BCUT2D eigenvalue weighted by molar-refractivity contribution is 7.26. The summed E-state index contributed by atoms with van der Waals surface area (Å²) in [6.45, 7) is 4.72.